The zero-order valence-corrected chi connectivity index (χ0v) is 33.8. The van der Waals surface area contributed by atoms with Crippen LogP contribution >= 0.6 is 0 Å². The Balaban J connectivity index is 0.00000512. The lowest BCUT2D eigenvalue weighted by Gasteiger charge is -2.27. The van der Waals surface area contributed by atoms with Crippen molar-refractivity contribution in [3.63, 3.8) is 0 Å². The molecule has 0 aromatic heterocycles. The summed E-state index contributed by atoms with van der Waals surface area (Å²) >= 11 is 0. The molecule has 6 aromatic carbocycles. The fourth-order valence-corrected chi connectivity index (χ4v) is 8.09. The topological polar surface area (TPSA) is 79.6 Å². The summed E-state index contributed by atoms with van der Waals surface area (Å²) in [6.45, 7) is 1.07. The molecule has 58 heavy (non-hydrogen) atoms. The molecule has 0 bridgehead atoms. The van der Waals surface area contributed by atoms with Crippen LogP contribution in [0.15, 0.2) is 163 Å². The number of rotatable bonds is 12. The van der Waals surface area contributed by atoms with Crippen molar-refractivity contribution in [2.45, 2.75) is 37.3 Å². The lowest BCUT2D eigenvalue weighted by molar-refractivity contribution is -0.583. The second kappa shape index (κ2) is 18.2. The summed E-state index contributed by atoms with van der Waals surface area (Å²) in [4.78, 5) is 7.86. The maximum absolute atomic E-state index is 5.77. The van der Waals surface area contributed by atoms with Gasteiger partial charge in [-0.05, 0) is 57.6 Å². The fourth-order valence-electron chi connectivity index (χ4n) is 8.09. The molecule has 4 atom stereocenters. The van der Waals surface area contributed by atoms with E-state index in [-0.39, 0.29) is 36.6 Å². The van der Waals surface area contributed by atoms with Crippen LogP contribution < -0.4 is 42.0 Å². The molecule has 0 saturated carbocycles. The van der Waals surface area contributed by atoms with E-state index in [1.807, 2.05) is 18.2 Å². The summed E-state index contributed by atoms with van der Waals surface area (Å²) in [6, 6.07) is 54.2. The van der Waals surface area contributed by atoms with Crippen LogP contribution in [0.3, 0.4) is 0 Å². The Bertz CT molecular complexity index is 2300. The Kier molecular flexibility index (Phi) is 12.5. The molecule has 0 saturated heterocycles. The van der Waals surface area contributed by atoms with E-state index < -0.39 is 0 Å². The van der Waals surface area contributed by atoms with Crippen molar-refractivity contribution >= 4 is 11.9 Å². The molecule has 2 aliphatic rings. The molecule has 0 fully saturated rings. The van der Waals surface area contributed by atoms with Crippen LogP contribution in [0.4, 0.5) is 0 Å². The Hall–Kier alpha value is -6.45. The SMILES string of the molecule is COc1cc(CN2C(NC3=N[C@@H](c4ccccc4)[C@H](c4ccccc4)N3)=[N+](Cc3cc(OC)cc(OC)c3)[C@@H](c3ccccc3)[C@@H]2c2ccccc2)cc(OC)c1.[Cl-]. The van der Waals surface area contributed by atoms with Crippen molar-refractivity contribution in [3.8, 4) is 23.0 Å². The van der Waals surface area contributed by atoms with Gasteiger partial charge in [0.25, 0.3) is 5.96 Å². The predicted octanol–water partition coefficient (Wildman–Crippen LogP) is 5.62. The van der Waals surface area contributed by atoms with Gasteiger partial charge in [0.05, 0.1) is 47.6 Å². The van der Waals surface area contributed by atoms with E-state index >= 15 is 0 Å². The first-order valence-corrected chi connectivity index (χ1v) is 19.2. The second-order valence-corrected chi connectivity index (χ2v) is 14.2. The molecule has 2 aliphatic heterocycles. The number of methoxy groups -OCH3 is 4. The van der Waals surface area contributed by atoms with Crippen molar-refractivity contribution in [3.05, 3.63) is 191 Å². The molecule has 0 amide bonds. The number of hydrogen-bond acceptors (Lipinski definition) is 8. The van der Waals surface area contributed by atoms with Gasteiger partial charge >= 0.3 is 5.96 Å². The van der Waals surface area contributed by atoms with E-state index in [1.165, 1.54) is 11.1 Å². The zero-order chi connectivity index (χ0) is 39.1. The Morgan fingerprint density at radius 3 is 1.52 bits per heavy atom. The minimum Gasteiger partial charge on any atom is -1.00 e. The van der Waals surface area contributed by atoms with Crippen molar-refractivity contribution in [2.24, 2.45) is 4.99 Å². The van der Waals surface area contributed by atoms with E-state index in [0.29, 0.717) is 19.0 Å². The Morgan fingerprint density at radius 2 is 1.02 bits per heavy atom. The highest BCUT2D eigenvalue weighted by atomic mass is 35.5. The summed E-state index contributed by atoms with van der Waals surface area (Å²) in [5, 5.41) is 7.73. The van der Waals surface area contributed by atoms with Gasteiger partial charge in [0.2, 0.25) is 0 Å². The van der Waals surface area contributed by atoms with Crippen molar-refractivity contribution in [1.82, 2.24) is 15.5 Å². The maximum atomic E-state index is 5.77. The van der Waals surface area contributed by atoms with Crippen LogP contribution in [0.5, 0.6) is 23.0 Å². The molecule has 8 rings (SSSR count). The third kappa shape index (κ3) is 8.45. The van der Waals surface area contributed by atoms with Gasteiger partial charge in [-0.3, -0.25) is 0 Å². The van der Waals surface area contributed by atoms with Gasteiger partial charge in [0, 0.05) is 12.1 Å². The highest BCUT2D eigenvalue weighted by molar-refractivity contribution is 5.98. The van der Waals surface area contributed by atoms with Gasteiger partial charge in [-0.25, -0.2) is 19.8 Å². The van der Waals surface area contributed by atoms with Gasteiger partial charge in [-0.1, -0.05) is 121 Å². The number of hydrogen-bond donors (Lipinski definition) is 2. The molecule has 0 aliphatic carbocycles. The number of aliphatic imine (C=N–C) groups is 1. The van der Waals surface area contributed by atoms with Crippen LogP contribution in [-0.2, 0) is 13.1 Å². The molecule has 10 heteroatoms. The predicted molar refractivity (Wildman–Crippen MR) is 224 cm³/mol. The lowest BCUT2D eigenvalue weighted by Crippen LogP contribution is -3.00. The number of halogens is 1. The highest BCUT2D eigenvalue weighted by Crippen LogP contribution is 2.44. The average molecular weight is 794 g/mol. The number of guanidine groups is 2. The molecule has 0 radical (unpaired) electrons. The van der Waals surface area contributed by atoms with Gasteiger partial charge in [0.1, 0.15) is 41.1 Å². The molecule has 0 unspecified atom stereocenters. The molecular weight excluding hydrogens is 746 g/mol. The van der Waals surface area contributed by atoms with Crippen LogP contribution in [0.1, 0.15) is 57.5 Å². The van der Waals surface area contributed by atoms with Crippen LogP contribution in [0.2, 0.25) is 0 Å². The summed E-state index contributed by atoms with van der Waals surface area (Å²) in [5.74, 6) is 4.50. The molecule has 9 nitrogen and oxygen atoms in total. The van der Waals surface area contributed by atoms with E-state index in [0.717, 1.165) is 51.2 Å². The zero-order valence-electron chi connectivity index (χ0n) is 33.1. The van der Waals surface area contributed by atoms with Gasteiger partial charge < -0.3 is 36.7 Å². The molecular formula is C48H48ClN5O4. The lowest BCUT2D eigenvalue weighted by atomic mass is 9.92. The van der Waals surface area contributed by atoms with Gasteiger partial charge in [-0.2, -0.15) is 0 Å². The van der Waals surface area contributed by atoms with Crippen LogP contribution in [-0.4, -0.2) is 49.8 Å². The summed E-state index contributed by atoms with van der Waals surface area (Å²) in [5.41, 5.74) is 6.72. The summed E-state index contributed by atoms with van der Waals surface area (Å²) in [7, 11) is 6.75. The van der Waals surface area contributed by atoms with E-state index in [1.54, 1.807) is 28.4 Å². The first-order chi connectivity index (χ1) is 28.0. The minimum atomic E-state index is -0.153. The summed E-state index contributed by atoms with van der Waals surface area (Å²) in [6.07, 6.45) is 0. The number of nitrogens with zero attached hydrogens (tertiary/aromatic N) is 3. The van der Waals surface area contributed by atoms with E-state index in [4.69, 9.17) is 23.9 Å². The molecule has 296 valence electrons. The monoisotopic (exact) mass is 793 g/mol. The minimum absolute atomic E-state index is 0. The maximum Gasteiger partial charge on any atom is 0.357 e. The third-order valence-electron chi connectivity index (χ3n) is 10.7. The normalized spacial score (nSPS) is 18.5. The highest BCUT2D eigenvalue weighted by Gasteiger charge is 2.49. The summed E-state index contributed by atoms with van der Waals surface area (Å²) < 4.78 is 25.5. The largest absolute Gasteiger partial charge is 1.00 e. The smallest absolute Gasteiger partial charge is 0.357 e. The third-order valence-corrected chi connectivity index (χ3v) is 10.7. The molecule has 2 N–H and O–H groups in total. The molecule has 6 aromatic rings. The van der Waals surface area contributed by atoms with Crippen molar-refractivity contribution in [1.29, 1.82) is 0 Å². The average Bonchev–Trinajstić information content (AvgIpc) is 3.83. The number of nitrogens with one attached hydrogen (secondary N) is 2. The Morgan fingerprint density at radius 1 is 0.569 bits per heavy atom. The standard InChI is InChI=1S/C48H47N5O4.ClH/c1-54-39-25-33(26-40(29-39)55-2)31-52-45(37-21-13-7-14-22-37)46(38-23-15-8-16-24-38)53(32-34-27-41(56-3)30-42(28-34)57-4)48(52)51-47-49-43(35-17-9-5-10-18-35)44(50-47)36-19-11-6-12-20-36;/h5-30,43-46H,31-32H2,1-4H3,(H,49,50);1H/t43-,44-,45-,46-;/m0./s1. The van der Waals surface area contributed by atoms with Crippen LogP contribution in [0, 0.1) is 0 Å². The number of benzene rings is 6. The second-order valence-electron chi connectivity index (χ2n) is 14.2. The Labute approximate surface area is 347 Å². The van der Waals surface area contributed by atoms with E-state index in [2.05, 4.69) is 160 Å². The quantitative estimate of drug-likeness (QED) is 0.156. The van der Waals surface area contributed by atoms with Crippen LogP contribution in [0.25, 0.3) is 0 Å². The van der Waals surface area contributed by atoms with E-state index in [9.17, 15) is 0 Å². The van der Waals surface area contributed by atoms with Crippen molar-refractivity contribution < 1.29 is 35.9 Å². The van der Waals surface area contributed by atoms with Gasteiger partial charge in [-0.15, -0.1) is 0 Å². The van der Waals surface area contributed by atoms with Crippen molar-refractivity contribution in [2.75, 3.05) is 28.4 Å². The molecule has 2 heterocycles. The first kappa shape index (κ1) is 39.8. The van der Waals surface area contributed by atoms with Gasteiger partial charge in [0.15, 0.2) is 0 Å². The number of ether oxygens (including phenoxy) is 4. The fraction of sp³-hybridized carbons (Fsp3) is 0.208. The molecule has 0 spiro atoms. The first-order valence-electron chi connectivity index (χ1n) is 19.2.